The zero-order valence-corrected chi connectivity index (χ0v) is 15.7. The minimum absolute atomic E-state index is 0.710. The average Bonchev–Trinajstić information content (AvgIpc) is 3.11. The largest absolute Gasteiger partial charge is 0.365 e. The minimum Gasteiger partial charge on any atom is -0.365 e. The SMILES string of the molecule is CCc1cc2c(NCc3ccc(C)cc3)nc(-c3cccnc3)nc2s1. The Morgan fingerprint density at radius 3 is 2.65 bits per heavy atom. The Kier molecular flexibility index (Phi) is 4.63. The van der Waals surface area contributed by atoms with Crippen molar-refractivity contribution in [1.29, 1.82) is 0 Å². The number of nitrogens with one attached hydrogen (secondary N) is 1. The van der Waals surface area contributed by atoms with E-state index in [1.54, 1.807) is 23.7 Å². The first-order valence-electron chi connectivity index (χ1n) is 8.73. The first-order chi connectivity index (χ1) is 12.7. The number of aryl methyl sites for hydroxylation is 2. The van der Waals surface area contributed by atoms with Crippen LogP contribution < -0.4 is 5.32 Å². The predicted molar refractivity (Wildman–Crippen MR) is 109 cm³/mol. The van der Waals surface area contributed by atoms with E-state index in [0.717, 1.165) is 34.6 Å². The van der Waals surface area contributed by atoms with Crippen molar-refractivity contribution in [3.8, 4) is 11.4 Å². The highest BCUT2D eigenvalue weighted by atomic mass is 32.1. The van der Waals surface area contributed by atoms with Crippen LogP contribution in [0.3, 0.4) is 0 Å². The standard InChI is InChI=1S/C21H20N4S/c1-3-17-11-18-20(23-12-15-8-6-14(2)7-9-15)24-19(25-21(18)26-17)16-5-4-10-22-13-16/h4-11,13H,3,12H2,1-2H3,(H,23,24,25). The molecule has 0 saturated heterocycles. The molecule has 1 N–H and O–H groups in total. The van der Waals surface area contributed by atoms with Crippen LogP contribution in [0.25, 0.3) is 21.6 Å². The van der Waals surface area contributed by atoms with Crippen LogP contribution in [0.4, 0.5) is 5.82 Å². The van der Waals surface area contributed by atoms with Crippen LogP contribution in [0.15, 0.2) is 54.9 Å². The summed E-state index contributed by atoms with van der Waals surface area (Å²) in [5, 5.41) is 4.60. The van der Waals surface area contributed by atoms with Crippen LogP contribution >= 0.6 is 11.3 Å². The molecule has 1 aromatic carbocycles. The molecule has 3 aromatic heterocycles. The van der Waals surface area contributed by atoms with Crippen molar-refractivity contribution in [3.63, 3.8) is 0 Å². The van der Waals surface area contributed by atoms with Crippen molar-refractivity contribution in [2.75, 3.05) is 5.32 Å². The normalized spacial score (nSPS) is 11.0. The first-order valence-corrected chi connectivity index (χ1v) is 9.55. The number of rotatable bonds is 5. The lowest BCUT2D eigenvalue weighted by atomic mass is 10.1. The molecule has 0 bridgehead atoms. The third-order valence-electron chi connectivity index (χ3n) is 4.29. The molecular formula is C21H20N4S. The number of anilines is 1. The van der Waals surface area contributed by atoms with E-state index in [2.05, 4.69) is 54.5 Å². The second-order valence-electron chi connectivity index (χ2n) is 6.26. The highest BCUT2D eigenvalue weighted by molar-refractivity contribution is 7.18. The van der Waals surface area contributed by atoms with Gasteiger partial charge in [-0.2, -0.15) is 0 Å². The summed E-state index contributed by atoms with van der Waals surface area (Å²) in [5.74, 6) is 1.59. The molecule has 0 atom stereocenters. The number of hydrogen-bond acceptors (Lipinski definition) is 5. The lowest BCUT2D eigenvalue weighted by Gasteiger charge is -2.09. The van der Waals surface area contributed by atoms with Gasteiger partial charge in [0, 0.05) is 29.4 Å². The smallest absolute Gasteiger partial charge is 0.164 e. The van der Waals surface area contributed by atoms with E-state index in [4.69, 9.17) is 9.97 Å². The second-order valence-corrected chi connectivity index (χ2v) is 7.38. The molecule has 4 rings (SSSR count). The summed E-state index contributed by atoms with van der Waals surface area (Å²) in [6.07, 6.45) is 4.57. The van der Waals surface area contributed by atoms with E-state index in [9.17, 15) is 0 Å². The Labute approximate surface area is 157 Å². The topological polar surface area (TPSA) is 50.7 Å². The van der Waals surface area contributed by atoms with E-state index >= 15 is 0 Å². The van der Waals surface area contributed by atoms with E-state index in [1.807, 2.05) is 12.1 Å². The van der Waals surface area contributed by atoms with E-state index in [-0.39, 0.29) is 0 Å². The molecule has 4 nitrogen and oxygen atoms in total. The summed E-state index contributed by atoms with van der Waals surface area (Å²) in [7, 11) is 0. The zero-order chi connectivity index (χ0) is 17.9. The summed E-state index contributed by atoms with van der Waals surface area (Å²) in [5.41, 5.74) is 3.43. The summed E-state index contributed by atoms with van der Waals surface area (Å²) in [6.45, 7) is 5.00. The van der Waals surface area contributed by atoms with Crippen LogP contribution in [0.5, 0.6) is 0 Å². The Morgan fingerprint density at radius 1 is 1.08 bits per heavy atom. The van der Waals surface area contributed by atoms with Crippen molar-refractivity contribution in [2.24, 2.45) is 0 Å². The van der Waals surface area contributed by atoms with Gasteiger partial charge in [0.05, 0.1) is 5.39 Å². The van der Waals surface area contributed by atoms with Gasteiger partial charge in [0.1, 0.15) is 10.6 Å². The zero-order valence-electron chi connectivity index (χ0n) is 14.9. The van der Waals surface area contributed by atoms with Crippen LogP contribution in [-0.2, 0) is 13.0 Å². The van der Waals surface area contributed by atoms with Gasteiger partial charge in [0.15, 0.2) is 5.82 Å². The van der Waals surface area contributed by atoms with Crippen LogP contribution in [-0.4, -0.2) is 15.0 Å². The van der Waals surface area contributed by atoms with Crippen molar-refractivity contribution >= 4 is 27.4 Å². The number of aromatic nitrogens is 3. The van der Waals surface area contributed by atoms with Gasteiger partial charge in [-0.15, -0.1) is 11.3 Å². The highest BCUT2D eigenvalue weighted by Gasteiger charge is 2.12. The molecule has 0 amide bonds. The summed E-state index contributed by atoms with van der Waals surface area (Å²) in [6, 6.07) is 14.7. The average molecular weight is 360 g/mol. The van der Waals surface area contributed by atoms with Gasteiger partial charge in [-0.3, -0.25) is 4.98 Å². The van der Waals surface area contributed by atoms with Crippen LogP contribution in [0, 0.1) is 6.92 Å². The van der Waals surface area contributed by atoms with Crippen molar-refractivity contribution in [1.82, 2.24) is 15.0 Å². The maximum Gasteiger partial charge on any atom is 0.164 e. The molecule has 0 unspecified atom stereocenters. The van der Waals surface area contributed by atoms with Gasteiger partial charge in [-0.05, 0) is 37.1 Å². The third kappa shape index (κ3) is 3.44. The predicted octanol–water partition coefficient (Wildman–Crippen LogP) is 5.24. The number of nitrogens with zero attached hydrogens (tertiary/aromatic N) is 3. The fraction of sp³-hybridized carbons (Fsp3) is 0.190. The Balaban J connectivity index is 1.73. The molecule has 0 aliphatic heterocycles. The highest BCUT2D eigenvalue weighted by Crippen LogP contribution is 2.31. The lowest BCUT2D eigenvalue weighted by Crippen LogP contribution is -2.03. The van der Waals surface area contributed by atoms with Gasteiger partial charge in [0.25, 0.3) is 0 Å². The molecule has 0 saturated carbocycles. The first kappa shape index (κ1) is 16.7. The Hall–Kier alpha value is -2.79. The summed E-state index contributed by atoms with van der Waals surface area (Å²) in [4.78, 5) is 16.1. The number of fused-ring (bicyclic) bond motifs is 1. The molecule has 4 aromatic rings. The molecule has 0 fully saturated rings. The monoisotopic (exact) mass is 360 g/mol. The van der Waals surface area contributed by atoms with Crippen molar-refractivity contribution in [2.45, 2.75) is 26.8 Å². The summed E-state index contributed by atoms with van der Waals surface area (Å²) >= 11 is 1.73. The molecule has 3 heterocycles. The maximum absolute atomic E-state index is 4.80. The molecule has 0 radical (unpaired) electrons. The number of thiophene rings is 1. The molecule has 26 heavy (non-hydrogen) atoms. The summed E-state index contributed by atoms with van der Waals surface area (Å²) < 4.78 is 0. The van der Waals surface area contributed by atoms with Gasteiger partial charge >= 0.3 is 0 Å². The molecule has 0 aliphatic carbocycles. The van der Waals surface area contributed by atoms with Gasteiger partial charge in [-0.25, -0.2) is 9.97 Å². The molecule has 0 aliphatic rings. The van der Waals surface area contributed by atoms with Gasteiger partial charge in [0.2, 0.25) is 0 Å². The molecule has 130 valence electrons. The van der Waals surface area contributed by atoms with E-state index in [1.165, 1.54) is 16.0 Å². The molecular weight excluding hydrogens is 340 g/mol. The van der Waals surface area contributed by atoms with E-state index < -0.39 is 0 Å². The minimum atomic E-state index is 0.710. The molecule has 0 spiro atoms. The van der Waals surface area contributed by atoms with Crippen LogP contribution in [0.1, 0.15) is 22.9 Å². The second kappa shape index (κ2) is 7.22. The number of pyridine rings is 1. The molecule has 5 heteroatoms. The number of benzene rings is 1. The Morgan fingerprint density at radius 2 is 1.92 bits per heavy atom. The van der Waals surface area contributed by atoms with Crippen molar-refractivity contribution < 1.29 is 0 Å². The van der Waals surface area contributed by atoms with Gasteiger partial charge in [-0.1, -0.05) is 36.8 Å². The lowest BCUT2D eigenvalue weighted by molar-refractivity contribution is 1.10. The van der Waals surface area contributed by atoms with Crippen molar-refractivity contribution in [3.05, 3.63) is 70.9 Å². The maximum atomic E-state index is 4.80. The third-order valence-corrected chi connectivity index (χ3v) is 5.47. The van der Waals surface area contributed by atoms with E-state index in [0.29, 0.717) is 5.82 Å². The fourth-order valence-electron chi connectivity index (χ4n) is 2.80. The quantitative estimate of drug-likeness (QED) is 0.529. The van der Waals surface area contributed by atoms with Crippen LogP contribution in [0.2, 0.25) is 0 Å². The fourth-order valence-corrected chi connectivity index (χ4v) is 3.76. The Bertz CT molecular complexity index is 1020. The number of hydrogen-bond donors (Lipinski definition) is 1. The van der Waals surface area contributed by atoms with Gasteiger partial charge < -0.3 is 5.32 Å².